The van der Waals surface area contributed by atoms with E-state index in [1.807, 2.05) is 19.1 Å². The molecule has 1 aliphatic rings. The Morgan fingerprint density at radius 1 is 1.41 bits per heavy atom. The van der Waals surface area contributed by atoms with Crippen LogP contribution >= 0.6 is 27.5 Å². The van der Waals surface area contributed by atoms with Crippen molar-refractivity contribution in [2.45, 2.75) is 51.0 Å². The molecule has 144 valence electrons. The summed E-state index contributed by atoms with van der Waals surface area (Å²) in [6.07, 6.45) is 2.31. The Morgan fingerprint density at radius 3 is 2.81 bits per heavy atom. The Labute approximate surface area is 168 Å². The van der Waals surface area contributed by atoms with Crippen LogP contribution in [0.15, 0.2) is 27.4 Å². The molecule has 3 heterocycles. The average Bonchev–Trinajstić information content (AvgIpc) is 3.21. The lowest BCUT2D eigenvalue weighted by molar-refractivity contribution is -0.0383. The summed E-state index contributed by atoms with van der Waals surface area (Å²) in [6.45, 7) is 2.42. The lowest BCUT2D eigenvalue weighted by atomic mass is 9.82. The van der Waals surface area contributed by atoms with E-state index in [4.69, 9.17) is 16.0 Å². The minimum Gasteiger partial charge on any atom is -0.467 e. The van der Waals surface area contributed by atoms with Crippen molar-refractivity contribution in [3.05, 3.63) is 45.2 Å². The van der Waals surface area contributed by atoms with Gasteiger partial charge in [-0.25, -0.2) is 13.3 Å². The Hall–Kier alpha value is -1.67. The molecule has 9 heteroatoms. The van der Waals surface area contributed by atoms with Crippen LogP contribution in [0.3, 0.4) is 0 Å². The van der Waals surface area contributed by atoms with Gasteiger partial charge in [-0.2, -0.15) is 4.98 Å². The summed E-state index contributed by atoms with van der Waals surface area (Å²) >= 11 is 9.72. The summed E-state index contributed by atoms with van der Waals surface area (Å²) < 4.78 is 34.9. The minimum absolute atomic E-state index is 0.0531. The van der Waals surface area contributed by atoms with Crippen LogP contribution < -0.4 is 5.32 Å². The molecule has 1 fully saturated rings. The Bertz CT molecular complexity index is 964. The third-order valence-electron chi connectivity index (χ3n) is 5.13. The SMILES string of the molecule is Cc1c(C2CCC(F)(F)CC2)c(Br)n2nc(Cl)nc(NCc3ccco3)c12. The molecule has 0 saturated heterocycles. The zero-order chi connectivity index (χ0) is 19.2. The number of nitrogens with one attached hydrogen (secondary N) is 1. The van der Waals surface area contributed by atoms with E-state index in [1.54, 1.807) is 10.8 Å². The summed E-state index contributed by atoms with van der Waals surface area (Å²) in [5.74, 6) is -1.16. The van der Waals surface area contributed by atoms with Gasteiger partial charge in [0.15, 0.2) is 5.82 Å². The fraction of sp³-hybridized carbons (Fsp3) is 0.444. The third kappa shape index (κ3) is 3.57. The maximum atomic E-state index is 13.6. The number of hydrogen-bond acceptors (Lipinski definition) is 4. The molecule has 5 nitrogen and oxygen atoms in total. The van der Waals surface area contributed by atoms with Crippen LogP contribution in [0.4, 0.5) is 14.6 Å². The van der Waals surface area contributed by atoms with Gasteiger partial charge >= 0.3 is 0 Å². The van der Waals surface area contributed by atoms with Gasteiger partial charge in [0.1, 0.15) is 15.9 Å². The Balaban J connectivity index is 1.73. The predicted molar refractivity (Wildman–Crippen MR) is 103 cm³/mol. The van der Waals surface area contributed by atoms with Crippen LogP contribution in [0.25, 0.3) is 5.52 Å². The molecule has 3 aromatic rings. The van der Waals surface area contributed by atoms with Crippen LogP contribution in [-0.4, -0.2) is 20.5 Å². The molecule has 1 N–H and O–H groups in total. The summed E-state index contributed by atoms with van der Waals surface area (Å²) in [5, 5.41) is 7.63. The number of rotatable bonds is 4. The van der Waals surface area contributed by atoms with Crippen LogP contribution in [-0.2, 0) is 6.54 Å². The van der Waals surface area contributed by atoms with Crippen molar-refractivity contribution in [3.63, 3.8) is 0 Å². The van der Waals surface area contributed by atoms with Gasteiger partial charge in [0.25, 0.3) is 0 Å². The summed E-state index contributed by atoms with van der Waals surface area (Å²) in [7, 11) is 0. The molecular weight excluding hydrogens is 442 g/mol. The molecule has 4 rings (SSSR count). The molecule has 0 spiro atoms. The van der Waals surface area contributed by atoms with E-state index >= 15 is 0 Å². The highest BCUT2D eigenvalue weighted by atomic mass is 79.9. The minimum atomic E-state index is -2.56. The molecule has 0 amide bonds. The second-order valence-electron chi connectivity index (χ2n) is 6.88. The second-order valence-corrected chi connectivity index (χ2v) is 7.97. The Kier molecular flexibility index (Phi) is 4.88. The van der Waals surface area contributed by atoms with E-state index in [0.29, 0.717) is 25.2 Å². The molecule has 3 aromatic heterocycles. The van der Waals surface area contributed by atoms with Gasteiger partial charge in [-0.15, -0.1) is 5.10 Å². The van der Waals surface area contributed by atoms with Gasteiger partial charge in [0.2, 0.25) is 11.2 Å². The molecule has 0 aromatic carbocycles. The fourth-order valence-electron chi connectivity index (χ4n) is 3.79. The van der Waals surface area contributed by atoms with Gasteiger partial charge in [0, 0.05) is 12.8 Å². The number of furan rings is 1. The number of aryl methyl sites for hydroxylation is 1. The molecule has 0 radical (unpaired) electrons. The lowest BCUT2D eigenvalue weighted by Gasteiger charge is -2.28. The number of alkyl halides is 2. The largest absolute Gasteiger partial charge is 0.467 e. The van der Waals surface area contributed by atoms with E-state index in [9.17, 15) is 8.78 Å². The smallest absolute Gasteiger partial charge is 0.248 e. The van der Waals surface area contributed by atoms with E-state index in [-0.39, 0.29) is 24.0 Å². The summed E-state index contributed by atoms with van der Waals surface area (Å²) in [5.41, 5.74) is 2.75. The summed E-state index contributed by atoms with van der Waals surface area (Å²) in [6, 6.07) is 3.68. The highest BCUT2D eigenvalue weighted by Crippen LogP contribution is 2.45. The predicted octanol–water partition coefficient (Wildman–Crippen LogP) is 5.95. The number of nitrogens with zero attached hydrogens (tertiary/aromatic N) is 3. The van der Waals surface area contributed by atoms with Gasteiger partial charge in [-0.3, -0.25) is 0 Å². The molecule has 27 heavy (non-hydrogen) atoms. The number of aromatic nitrogens is 3. The van der Waals surface area contributed by atoms with Crippen LogP contribution in [0, 0.1) is 6.92 Å². The maximum absolute atomic E-state index is 13.6. The highest BCUT2D eigenvalue weighted by Gasteiger charge is 2.37. The highest BCUT2D eigenvalue weighted by molar-refractivity contribution is 9.10. The monoisotopic (exact) mass is 458 g/mol. The molecule has 0 unspecified atom stereocenters. The lowest BCUT2D eigenvalue weighted by Crippen LogP contribution is -2.23. The fourth-order valence-corrected chi connectivity index (χ4v) is 4.82. The zero-order valence-corrected chi connectivity index (χ0v) is 16.9. The van der Waals surface area contributed by atoms with Crippen LogP contribution in [0.2, 0.25) is 5.28 Å². The number of hydrogen-bond donors (Lipinski definition) is 1. The van der Waals surface area contributed by atoms with Crippen molar-refractivity contribution in [1.29, 1.82) is 0 Å². The quantitative estimate of drug-likeness (QED) is 0.524. The van der Waals surface area contributed by atoms with E-state index in [2.05, 4.69) is 31.3 Å². The van der Waals surface area contributed by atoms with Crippen LogP contribution in [0.1, 0.15) is 48.5 Å². The van der Waals surface area contributed by atoms with E-state index in [0.717, 1.165) is 27.0 Å². The van der Waals surface area contributed by atoms with Crippen LogP contribution in [0.5, 0.6) is 0 Å². The number of anilines is 1. The van der Waals surface area contributed by atoms with Crippen molar-refractivity contribution in [2.75, 3.05) is 5.32 Å². The average molecular weight is 460 g/mol. The van der Waals surface area contributed by atoms with Crippen molar-refractivity contribution in [2.24, 2.45) is 0 Å². The maximum Gasteiger partial charge on any atom is 0.248 e. The molecule has 1 aliphatic carbocycles. The molecule has 0 aliphatic heterocycles. The normalized spacial score (nSPS) is 17.5. The molecule has 0 bridgehead atoms. The first kappa shape index (κ1) is 18.7. The zero-order valence-electron chi connectivity index (χ0n) is 14.6. The van der Waals surface area contributed by atoms with Gasteiger partial charge in [0.05, 0.1) is 12.8 Å². The Morgan fingerprint density at radius 2 is 2.15 bits per heavy atom. The van der Waals surface area contributed by atoms with E-state index < -0.39 is 5.92 Å². The van der Waals surface area contributed by atoms with Crippen molar-refractivity contribution < 1.29 is 13.2 Å². The topological polar surface area (TPSA) is 55.4 Å². The second kappa shape index (κ2) is 7.05. The number of halogens is 4. The first-order valence-electron chi connectivity index (χ1n) is 8.74. The van der Waals surface area contributed by atoms with Crippen molar-refractivity contribution in [3.8, 4) is 0 Å². The van der Waals surface area contributed by atoms with Crippen molar-refractivity contribution in [1.82, 2.24) is 14.6 Å². The van der Waals surface area contributed by atoms with E-state index in [1.165, 1.54) is 0 Å². The van der Waals surface area contributed by atoms with Gasteiger partial charge in [-0.05, 0) is 76.5 Å². The summed E-state index contributed by atoms with van der Waals surface area (Å²) in [4.78, 5) is 4.32. The molecular formula is C18H18BrClF2N4O. The number of fused-ring (bicyclic) bond motifs is 1. The molecule has 0 atom stereocenters. The van der Waals surface area contributed by atoms with Gasteiger partial charge in [-0.1, -0.05) is 0 Å². The van der Waals surface area contributed by atoms with Crippen molar-refractivity contribution >= 4 is 38.9 Å². The standard InChI is InChI=1S/C18H18BrClF2N4O/c1-10-13(11-4-6-18(21,22)7-5-11)15(19)26-14(10)16(24-17(20)25-26)23-9-12-3-2-8-27-12/h2-3,8,11H,4-7,9H2,1H3,(H,23,24,25). The molecule has 1 saturated carbocycles. The first-order valence-corrected chi connectivity index (χ1v) is 9.91. The first-order chi connectivity index (χ1) is 12.9. The van der Waals surface area contributed by atoms with Gasteiger partial charge < -0.3 is 9.73 Å². The third-order valence-corrected chi connectivity index (χ3v) is 6.05.